The van der Waals surface area contributed by atoms with Gasteiger partial charge < -0.3 is 25.4 Å². The Balaban J connectivity index is 1.75. The Morgan fingerprint density at radius 1 is 1.23 bits per heavy atom. The summed E-state index contributed by atoms with van der Waals surface area (Å²) in [6, 6.07) is 4.16. The highest BCUT2D eigenvalue weighted by molar-refractivity contribution is 6.11. The Hall–Kier alpha value is -2.61. The molecule has 1 atom stereocenters. The van der Waals surface area contributed by atoms with E-state index in [4.69, 9.17) is 9.84 Å². The quantitative estimate of drug-likeness (QED) is 0.598. The number of hydrogen-bond donors (Lipinski definition) is 3. The Labute approximate surface area is 177 Å². The Morgan fingerprint density at radius 2 is 1.97 bits per heavy atom. The molecule has 164 valence electrons. The molecular weight excluding hydrogens is 386 g/mol. The number of anilines is 1. The van der Waals surface area contributed by atoms with Crippen LogP contribution in [-0.2, 0) is 9.59 Å². The summed E-state index contributed by atoms with van der Waals surface area (Å²) >= 11 is 0. The van der Waals surface area contributed by atoms with Crippen LogP contribution in [0.3, 0.4) is 0 Å². The average molecular weight is 418 g/mol. The predicted octanol–water partition coefficient (Wildman–Crippen LogP) is 2.17. The predicted molar refractivity (Wildman–Crippen MR) is 113 cm³/mol. The number of carboxylic acids is 1. The minimum absolute atomic E-state index is 0.0523. The highest BCUT2D eigenvalue weighted by Gasteiger charge is 2.35. The summed E-state index contributed by atoms with van der Waals surface area (Å²) in [4.78, 5) is 38.4. The smallest absolute Gasteiger partial charge is 0.303 e. The van der Waals surface area contributed by atoms with Gasteiger partial charge in [0.15, 0.2) is 0 Å². The van der Waals surface area contributed by atoms with Crippen LogP contribution in [0.2, 0.25) is 0 Å². The van der Waals surface area contributed by atoms with E-state index in [9.17, 15) is 14.4 Å². The third-order valence-corrected chi connectivity index (χ3v) is 5.73. The second kappa shape index (κ2) is 9.93. The van der Waals surface area contributed by atoms with E-state index in [0.29, 0.717) is 29.5 Å². The second-order valence-corrected chi connectivity index (χ2v) is 8.27. The van der Waals surface area contributed by atoms with Gasteiger partial charge in [0.2, 0.25) is 5.91 Å². The number of carboxylic acid groups (broad SMARTS) is 1. The van der Waals surface area contributed by atoms with Crippen LogP contribution in [0.15, 0.2) is 18.2 Å². The van der Waals surface area contributed by atoms with Crippen LogP contribution in [0.1, 0.15) is 56.3 Å². The van der Waals surface area contributed by atoms with Gasteiger partial charge in [0.25, 0.3) is 5.91 Å². The fourth-order valence-electron chi connectivity index (χ4n) is 4.09. The normalized spacial score (nSPS) is 20.0. The summed E-state index contributed by atoms with van der Waals surface area (Å²) < 4.78 is 5.91. The van der Waals surface area contributed by atoms with Crippen LogP contribution in [0.5, 0.6) is 5.75 Å². The van der Waals surface area contributed by atoms with Gasteiger partial charge in [-0.1, -0.05) is 0 Å². The Kier molecular flexibility index (Phi) is 7.31. The van der Waals surface area contributed by atoms with Gasteiger partial charge in [-0.25, -0.2) is 0 Å². The van der Waals surface area contributed by atoms with Crippen LogP contribution in [0.4, 0.5) is 5.69 Å². The second-order valence-electron chi connectivity index (χ2n) is 8.27. The van der Waals surface area contributed by atoms with Crippen LogP contribution in [0.25, 0.3) is 0 Å². The lowest BCUT2D eigenvalue weighted by Crippen LogP contribution is -2.48. The summed E-state index contributed by atoms with van der Waals surface area (Å²) in [5, 5.41) is 15.0. The lowest BCUT2D eigenvalue weighted by molar-refractivity contribution is -0.137. The van der Waals surface area contributed by atoms with E-state index in [2.05, 4.69) is 10.6 Å². The summed E-state index contributed by atoms with van der Waals surface area (Å²) in [7, 11) is 0. The molecule has 8 nitrogen and oxygen atoms in total. The van der Waals surface area contributed by atoms with Gasteiger partial charge in [0.1, 0.15) is 11.8 Å². The van der Waals surface area contributed by atoms with Crippen molar-refractivity contribution in [3.05, 3.63) is 23.8 Å². The first-order chi connectivity index (χ1) is 14.4. The highest BCUT2D eigenvalue weighted by atomic mass is 16.5. The number of benzene rings is 1. The number of rotatable bonds is 8. The SMILES string of the molecule is CC(C)N1C(=O)C(CCC(=O)O)NC(=O)c2cc(OCCC3CCNCC3)ccc21. The summed E-state index contributed by atoms with van der Waals surface area (Å²) in [6.07, 6.45) is 3.14. The molecule has 0 aromatic heterocycles. The van der Waals surface area contributed by atoms with E-state index < -0.39 is 12.0 Å². The van der Waals surface area contributed by atoms with E-state index in [1.165, 1.54) is 0 Å². The molecular formula is C22H31N3O5. The number of carbonyl (C=O) groups excluding carboxylic acids is 2. The van der Waals surface area contributed by atoms with Gasteiger partial charge in [-0.3, -0.25) is 14.4 Å². The zero-order chi connectivity index (χ0) is 21.7. The molecule has 3 rings (SSSR count). The van der Waals surface area contributed by atoms with Gasteiger partial charge >= 0.3 is 5.97 Å². The van der Waals surface area contributed by atoms with Crippen molar-refractivity contribution in [2.75, 3.05) is 24.6 Å². The molecule has 2 heterocycles. The largest absolute Gasteiger partial charge is 0.494 e. The molecule has 0 spiro atoms. The summed E-state index contributed by atoms with van der Waals surface area (Å²) in [6.45, 7) is 6.42. The first-order valence-electron chi connectivity index (χ1n) is 10.7. The topological polar surface area (TPSA) is 108 Å². The fraction of sp³-hybridized carbons (Fsp3) is 0.591. The first-order valence-corrected chi connectivity index (χ1v) is 10.7. The lowest BCUT2D eigenvalue weighted by atomic mass is 9.95. The van der Waals surface area contributed by atoms with E-state index in [1.54, 1.807) is 23.1 Å². The maximum absolute atomic E-state index is 13.0. The standard InChI is InChI=1S/C22H31N3O5/c1-14(2)25-19-5-3-16(30-12-9-15-7-10-23-11-8-15)13-17(19)21(28)24-18(22(25)29)4-6-20(26)27/h3,5,13-15,18,23H,4,6-12H2,1-2H3,(H,24,28)(H,26,27). The van der Waals surface area contributed by atoms with Crippen LogP contribution in [0, 0.1) is 5.92 Å². The molecule has 1 aromatic carbocycles. The van der Waals surface area contributed by atoms with Gasteiger partial charge in [0, 0.05) is 12.5 Å². The maximum Gasteiger partial charge on any atom is 0.303 e. The molecule has 8 heteroatoms. The molecule has 0 saturated carbocycles. The lowest BCUT2D eigenvalue weighted by Gasteiger charge is -2.29. The van der Waals surface area contributed by atoms with Crippen molar-refractivity contribution in [2.24, 2.45) is 5.92 Å². The molecule has 1 fully saturated rings. The molecule has 1 saturated heterocycles. The van der Waals surface area contributed by atoms with E-state index >= 15 is 0 Å². The number of carbonyl (C=O) groups is 3. The van der Waals surface area contributed by atoms with Crippen molar-refractivity contribution >= 4 is 23.5 Å². The van der Waals surface area contributed by atoms with Crippen molar-refractivity contribution < 1.29 is 24.2 Å². The van der Waals surface area contributed by atoms with Gasteiger partial charge in [-0.15, -0.1) is 0 Å². The zero-order valence-electron chi connectivity index (χ0n) is 17.6. The minimum Gasteiger partial charge on any atom is -0.494 e. The van der Waals surface area contributed by atoms with Gasteiger partial charge in [-0.2, -0.15) is 0 Å². The number of ether oxygens (including phenoxy) is 1. The number of nitrogens with one attached hydrogen (secondary N) is 2. The molecule has 2 aliphatic rings. The van der Waals surface area contributed by atoms with Gasteiger partial charge in [0.05, 0.1) is 17.9 Å². The molecule has 1 aromatic rings. The highest BCUT2D eigenvalue weighted by Crippen LogP contribution is 2.31. The molecule has 1 unspecified atom stereocenters. The molecule has 2 aliphatic heterocycles. The zero-order valence-corrected chi connectivity index (χ0v) is 17.6. The fourth-order valence-corrected chi connectivity index (χ4v) is 4.09. The van der Waals surface area contributed by atoms with Crippen LogP contribution < -0.4 is 20.3 Å². The number of hydrogen-bond acceptors (Lipinski definition) is 5. The van der Waals surface area contributed by atoms with Gasteiger partial charge in [-0.05, 0) is 76.7 Å². The number of amides is 2. The molecule has 2 amide bonds. The van der Waals surface area contributed by atoms with Crippen LogP contribution in [-0.4, -0.2) is 54.7 Å². The number of aliphatic carboxylic acids is 1. The summed E-state index contributed by atoms with van der Waals surface area (Å²) in [5.41, 5.74) is 0.894. The van der Waals surface area contributed by atoms with E-state index in [0.717, 1.165) is 32.4 Å². The third kappa shape index (κ3) is 5.30. The van der Waals surface area contributed by atoms with E-state index in [1.807, 2.05) is 13.8 Å². The number of fused-ring (bicyclic) bond motifs is 1. The van der Waals surface area contributed by atoms with Crippen molar-refractivity contribution in [2.45, 2.75) is 58.0 Å². The number of piperidine rings is 1. The van der Waals surface area contributed by atoms with Crippen molar-refractivity contribution in [1.82, 2.24) is 10.6 Å². The summed E-state index contributed by atoms with van der Waals surface area (Å²) in [5.74, 6) is -0.435. The van der Waals surface area contributed by atoms with E-state index in [-0.39, 0.29) is 30.7 Å². The molecule has 0 bridgehead atoms. The monoisotopic (exact) mass is 417 g/mol. The molecule has 0 aliphatic carbocycles. The Morgan fingerprint density at radius 3 is 2.63 bits per heavy atom. The maximum atomic E-state index is 13.0. The minimum atomic E-state index is -1.00. The van der Waals surface area contributed by atoms with Crippen molar-refractivity contribution in [1.29, 1.82) is 0 Å². The first kappa shape index (κ1) is 22.1. The van der Waals surface area contributed by atoms with Crippen molar-refractivity contribution in [3.63, 3.8) is 0 Å². The third-order valence-electron chi connectivity index (χ3n) is 5.73. The molecule has 0 radical (unpaired) electrons. The number of nitrogens with zero attached hydrogens (tertiary/aromatic N) is 1. The average Bonchev–Trinajstić information content (AvgIpc) is 2.81. The molecule has 30 heavy (non-hydrogen) atoms. The Bertz CT molecular complexity index is 789. The molecule has 3 N–H and O–H groups in total. The van der Waals surface area contributed by atoms with Crippen molar-refractivity contribution in [3.8, 4) is 5.75 Å². The van der Waals surface area contributed by atoms with Crippen LogP contribution >= 0.6 is 0 Å².